The van der Waals surface area contributed by atoms with E-state index in [1.165, 1.54) is 16.9 Å². The molecule has 0 unspecified atom stereocenters. The van der Waals surface area contributed by atoms with Crippen molar-refractivity contribution < 1.29 is 9.90 Å². The second-order valence-corrected chi connectivity index (χ2v) is 8.50. The van der Waals surface area contributed by atoms with Gasteiger partial charge in [-0.2, -0.15) is 0 Å². The molecule has 4 rings (SSSR count). The molecule has 5 nitrogen and oxygen atoms in total. The predicted octanol–water partition coefficient (Wildman–Crippen LogP) is 5.65. The van der Waals surface area contributed by atoms with Gasteiger partial charge in [0, 0.05) is 29.7 Å². The Kier molecular flexibility index (Phi) is 6.14. The average molecular weight is 420 g/mol. The molecule has 0 amide bonds. The lowest BCUT2D eigenvalue weighted by Gasteiger charge is -2.25. The lowest BCUT2D eigenvalue weighted by atomic mass is 10.2. The SMILES string of the molecule is CCCCN(Cc1cncn1Cc1ccccc1)c1ccc2sc(C(=O)O)cc2c1. The van der Waals surface area contributed by atoms with Gasteiger partial charge in [-0.25, -0.2) is 9.78 Å². The van der Waals surface area contributed by atoms with Crippen molar-refractivity contribution in [3.63, 3.8) is 0 Å². The van der Waals surface area contributed by atoms with E-state index in [0.29, 0.717) is 4.88 Å². The summed E-state index contributed by atoms with van der Waals surface area (Å²) in [5.74, 6) is -0.870. The summed E-state index contributed by atoms with van der Waals surface area (Å²) in [6, 6.07) is 18.4. The van der Waals surface area contributed by atoms with Gasteiger partial charge in [0.1, 0.15) is 4.88 Å². The van der Waals surface area contributed by atoms with Crippen molar-refractivity contribution in [1.29, 1.82) is 0 Å². The molecule has 0 aliphatic rings. The third kappa shape index (κ3) is 4.54. The van der Waals surface area contributed by atoms with E-state index >= 15 is 0 Å². The number of nitrogens with zero attached hydrogens (tertiary/aromatic N) is 3. The number of aromatic nitrogens is 2. The third-order valence-electron chi connectivity index (χ3n) is 5.20. The smallest absolute Gasteiger partial charge is 0.345 e. The number of hydrogen-bond donors (Lipinski definition) is 1. The molecule has 0 spiro atoms. The summed E-state index contributed by atoms with van der Waals surface area (Å²) >= 11 is 1.32. The molecule has 30 heavy (non-hydrogen) atoms. The van der Waals surface area contributed by atoms with Crippen molar-refractivity contribution >= 4 is 33.1 Å². The number of thiophene rings is 1. The van der Waals surface area contributed by atoms with Crippen LogP contribution in [0.2, 0.25) is 0 Å². The molecule has 0 fully saturated rings. The van der Waals surface area contributed by atoms with Crippen LogP contribution in [0.4, 0.5) is 5.69 Å². The number of hydrogen-bond acceptors (Lipinski definition) is 4. The van der Waals surface area contributed by atoms with Gasteiger partial charge in [-0.15, -0.1) is 11.3 Å². The van der Waals surface area contributed by atoms with Gasteiger partial charge >= 0.3 is 5.97 Å². The van der Waals surface area contributed by atoms with Crippen LogP contribution < -0.4 is 4.90 Å². The number of carbonyl (C=O) groups is 1. The Balaban J connectivity index is 1.60. The highest BCUT2D eigenvalue weighted by Crippen LogP contribution is 2.30. The second kappa shape index (κ2) is 9.13. The molecule has 0 saturated heterocycles. The largest absolute Gasteiger partial charge is 0.477 e. The Morgan fingerprint density at radius 3 is 2.77 bits per heavy atom. The zero-order chi connectivity index (χ0) is 20.9. The summed E-state index contributed by atoms with van der Waals surface area (Å²) in [7, 11) is 0. The van der Waals surface area contributed by atoms with E-state index in [-0.39, 0.29) is 0 Å². The lowest BCUT2D eigenvalue weighted by Crippen LogP contribution is -2.25. The highest BCUT2D eigenvalue weighted by Gasteiger charge is 2.14. The number of unbranched alkanes of at least 4 members (excludes halogenated alkanes) is 1. The molecular weight excluding hydrogens is 394 g/mol. The molecular formula is C24H25N3O2S. The van der Waals surface area contributed by atoms with E-state index in [2.05, 4.69) is 57.8 Å². The number of rotatable bonds is 9. The molecule has 0 radical (unpaired) electrons. The number of carboxylic acids is 1. The lowest BCUT2D eigenvalue weighted by molar-refractivity contribution is 0.0702. The molecule has 0 saturated carbocycles. The molecule has 2 aromatic carbocycles. The quantitative estimate of drug-likeness (QED) is 0.381. The number of imidazole rings is 1. The predicted molar refractivity (Wildman–Crippen MR) is 123 cm³/mol. The highest BCUT2D eigenvalue weighted by atomic mass is 32.1. The molecule has 6 heteroatoms. The van der Waals surface area contributed by atoms with Crippen molar-refractivity contribution in [1.82, 2.24) is 9.55 Å². The van der Waals surface area contributed by atoms with Crippen molar-refractivity contribution in [2.24, 2.45) is 0 Å². The van der Waals surface area contributed by atoms with Gasteiger partial charge in [0.05, 0.1) is 18.6 Å². The zero-order valence-electron chi connectivity index (χ0n) is 17.0. The molecule has 4 aromatic rings. The van der Waals surface area contributed by atoms with Gasteiger partial charge in [0.15, 0.2) is 0 Å². The molecule has 0 aliphatic carbocycles. The van der Waals surface area contributed by atoms with Gasteiger partial charge in [-0.3, -0.25) is 0 Å². The maximum absolute atomic E-state index is 11.3. The fourth-order valence-corrected chi connectivity index (χ4v) is 4.46. The van der Waals surface area contributed by atoms with E-state index < -0.39 is 5.97 Å². The van der Waals surface area contributed by atoms with Crippen LogP contribution in [0.1, 0.15) is 40.7 Å². The number of carboxylic acid groups (broad SMARTS) is 1. The molecule has 154 valence electrons. The van der Waals surface area contributed by atoms with Crippen LogP contribution in [0.25, 0.3) is 10.1 Å². The number of fused-ring (bicyclic) bond motifs is 1. The first-order chi connectivity index (χ1) is 14.6. The summed E-state index contributed by atoms with van der Waals surface area (Å²) in [5.41, 5.74) is 3.52. The summed E-state index contributed by atoms with van der Waals surface area (Å²) in [6.07, 6.45) is 6.04. The highest BCUT2D eigenvalue weighted by molar-refractivity contribution is 7.20. The number of aromatic carboxylic acids is 1. The Hall–Kier alpha value is -3.12. The van der Waals surface area contributed by atoms with Gasteiger partial charge in [-0.1, -0.05) is 43.7 Å². The van der Waals surface area contributed by atoms with Gasteiger partial charge < -0.3 is 14.6 Å². The van der Waals surface area contributed by atoms with E-state index in [1.54, 1.807) is 6.07 Å². The van der Waals surface area contributed by atoms with Gasteiger partial charge in [-0.05, 0) is 41.6 Å². The Bertz CT molecular complexity index is 1130. The van der Waals surface area contributed by atoms with Gasteiger partial charge in [0.2, 0.25) is 0 Å². The maximum atomic E-state index is 11.3. The van der Waals surface area contributed by atoms with Gasteiger partial charge in [0.25, 0.3) is 0 Å². The average Bonchev–Trinajstić information content (AvgIpc) is 3.38. The summed E-state index contributed by atoms with van der Waals surface area (Å²) < 4.78 is 3.20. The first-order valence-corrected chi connectivity index (χ1v) is 11.0. The minimum Gasteiger partial charge on any atom is -0.477 e. The first kappa shape index (κ1) is 20.2. The van der Waals surface area contributed by atoms with Crippen molar-refractivity contribution in [3.8, 4) is 0 Å². The molecule has 0 aliphatic heterocycles. The van der Waals surface area contributed by atoms with Crippen LogP contribution in [0, 0.1) is 0 Å². The van der Waals surface area contributed by atoms with Crippen LogP contribution in [-0.2, 0) is 13.1 Å². The minimum atomic E-state index is -0.870. The normalized spacial score (nSPS) is 11.1. The molecule has 0 bridgehead atoms. The van der Waals surface area contributed by atoms with Crippen molar-refractivity contribution in [2.45, 2.75) is 32.9 Å². The van der Waals surface area contributed by atoms with Crippen LogP contribution in [0.3, 0.4) is 0 Å². The summed E-state index contributed by atoms with van der Waals surface area (Å²) in [5, 5.41) is 10.3. The molecule has 2 heterocycles. The van der Waals surface area contributed by atoms with Crippen LogP contribution in [0.5, 0.6) is 0 Å². The van der Waals surface area contributed by atoms with E-state index in [9.17, 15) is 9.90 Å². The molecule has 2 aromatic heterocycles. The van der Waals surface area contributed by atoms with Crippen LogP contribution in [-0.4, -0.2) is 27.2 Å². The topological polar surface area (TPSA) is 58.4 Å². The summed E-state index contributed by atoms with van der Waals surface area (Å²) in [6.45, 7) is 4.69. The van der Waals surface area contributed by atoms with Crippen molar-refractivity contribution in [3.05, 3.63) is 83.3 Å². The maximum Gasteiger partial charge on any atom is 0.345 e. The Morgan fingerprint density at radius 1 is 1.17 bits per heavy atom. The second-order valence-electron chi connectivity index (χ2n) is 7.41. The first-order valence-electron chi connectivity index (χ1n) is 10.2. The van der Waals surface area contributed by atoms with Crippen LogP contribution in [0.15, 0.2) is 67.1 Å². The fourth-order valence-electron chi connectivity index (χ4n) is 3.58. The third-order valence-corrected chi connectivity index (χ3v) is 6.31. The molecule has 0 atom stereocenters. The summed E-state index contributed by atoms with van der Waals surface area (Å²) in [4.78, 5) is 18.4. The number of benzene rings is 2. The van der Waals surface area contributed by atoms with E-state index in [4.69, 9.17) is 0 Å². The van der Waals surface area contributed by atoms with Crippen molar-refractivity contribution in [2.75, 3.05) is 11.4 Å². The Morgan fingerprint density at radius 2 is 2.00 bits per heavy atom. The monoisotopic (exact) mass is 419 g/mol. The standard InChI is InChI=1S/C24H25N3O2S/c1-2-3-11-26(20-9-10-22-19(12-20)13-23(30-22)24(28)29)16-21-14-25-17-27(21)15-18-7-5-4-6-8-18/h4-10,12-14,17H,2-3,11,15-16H2,1H3,(H,28,29). The van der Waals surface area contributed by atoms with E-state index in [1.807, 2.05) is 24.7 Å². The van der Waals surface area contributed by atoms with Crippen LogP contribution >= 0.6 is 11.3 Å². The fraction of sp³-hybridized carbons (Fsp3) is 0.250. The Labute approximate surface area is 180 Å². The number of anilines is 1. The molecule has 1 N–H and O–H groups in total. The minimum absolute atomic E-state index is 0.378. The van der Waals surface area contributed by atoms with E-state index in [0.717, 1.165) is 53.9 Å². The zero-order valence-corrected chi connectivity index (χ0v) is 17.8.